The molecule has 2 aromatic carbocycles. The van der Waals surface area contributed by atoms with Crippen LogP contribution in [0.3, 0.4) is 0 Å². The SMILES string of the molecule is CCN(CC)S(=O)(=O)c1ccc(C(=O)N(CCCN(C)C)c2nc3cc(OC)c(OC)cc3s2)cc1. The molecule has 196 valence electrons. The molecule has 1 heterocycles. The van der Waals surface area contributed by atoms with Crippen LogP contribution < -0.4 is 14.4 Å². The number of fused-ring (bicyclic) bond motifs is 1. The molecule has 0 unspecified atom stereocenters. The van der Waals surface area contributed by atoms with Crippen LogP contribution in [0.4, 0.5) is 5.13 Å². The van der Waals surface area contributed by atoms with Crippen LogP contribution in [0, 0.1) is 0 Å². The summed E-state index contributed by atoms with van der Waals surface area (Å²) in [5.41, 5.74) is 1.10. The van der Waals surface area contributed by atoms with E-state index in [9.17, 15) is 13.2 Å². The smallest absolute Gasteiger partial charge is 0.260 e. The van der Waals surface area contributed by atoms with E-state index in [4.69, 9.17) is 14.5 Å². The highest BCUT2D eigenvalue weighted by Crippen LogP contribution is 2.37. The Labute approximate surface area is 217 Å². The Morgan fingerprint density at radius 2 is 1.58 bits per heavy atom. The van der Waals surface area contributed by atoms with E-state index in [0.717, 1.165) is 17.7 Å². The summed E-state index contributed by atoms with van der Waals surface area (Å²) >= 11 is 1.40. The number of hydrogen-bond acceptors (Lipinski definition) is 8. The molecule has 1 aromatic heterocycles. The van der Waals surface area contributed by atoms with Crippen molar-refractivity contribution in [1.29, 1.82) is 0 Å². The minimum atomic E-state index is -3.60. The van der Waals surface area contributed by atoms with Gasteiger partial charge in [-0.3, -0.25) is 9.69 Å². The van der Waals surface area contributed by atoms with E-state index in [1.165, 1.54) is 27.8 Å². The molecule has 0 aliphatic heterocycles. The first-order chi connectivity index (χ1) is 17.2. The predicted molar refractivity (Wildman–Crippen MR) is 144 cm³/mol. The first-order valence-electron chi connectivity index (χ1n) is 11.8. The number of nitrogens with zero attached hydrogens (tertiary/aromatic N) is 4. The van der Waals surface area contributed by atoms with Crippen LogP contribution in [0.25, 0.3) is 10.2 Å². The van der Waals surface area contributed by atoms with Crippen LogP contribution in [0.2, 0.25) is 0 Å². The van der Waals surface area contributed by atoms with Crippen LogP contribution in [0.15, 0.2) is 41.3 Å². The summed E-state index contributed by atoms with van der Waals surface area (Å²) in [6, 6.07) is 9.77. The van der Waals surface area contributed by atoms with Crippen molar-refractivity contribution >= 4 is 42.6 Å². The number of amides is 1. The lowest BCUT2D eigenvalue weighted by atomic mass is 10.2. The van der Waals surface area contributed by atoms with Crippen molar-refractivity contribution in [3.8, 4) is 11.5 Å². The third kappa shape index (κ3) is 5.97. The highest BCUT2D eigenvalue weighted by Gasteiger charge is 2.25. The highest BCUT2D eigenvalue weighted by atomic mass is 32.2. The minimum Gasteiger partial charge on any atom is -0.493 e. The van der Waals surface area contributed by atoms with Gasteiger partial charge in [0.25, 0.3) is 5.91 Å². The molecule has 0 saturated carbocycles. The van der Waals surface area contributed by atoms with E-state index in [1.54, 1.807) is 51.2 Å². The van der Waals surface area contributed by atoms with Gasteiger partial charge in [0, 0.05) is 37.3 Å². The molecule has 0 aliphatic rings. The van der Waals surface area contributed by atoms with Gasteiger partial charge >= 0.3 is 0 Å². The fourth-order valence-corrected chi connectivity index (χ4v) is 6.28. The molecule has 0 spiro atoms. The molecule has 0 fully saturated rings. The number of rotatable bonds is 12. The predicted octanol–water partition coefficient (Wildman–Crippen LogP) is 3.94. The van der Waals surface area contributed by atoms with Gasteiger partial charge in [-0.15, -0.1) is 0 Å². The number of benzene rings is 2. The number of methoxy groups -OCH3 is 2. The second kappa shape index (κ2) is 12.0. The molecule has 0 atom stereocenters. The summed E-state index contributed by atoms with van der Waals surface area (Å²) in [5, 5.41) is 0.559. The molecule has 0 N–H and O–H groups in total. The van der Waals surface area contributed by atoms with Crippen molar-refractivity contribution < 1.29 is 22.7 Å². The summed E-state index contributed by atoms with van der Waals surface area (Å²) in [6.45, 7) is 5.63. The average Bonchev–Trinajstić information content (AvgIpc) is 3.28. The number of carbonyl (C=O) groups is 1. The molecule has 0 bridgehead atoms. The van der Waals surface area contributed by atoms with Crippen molar-refractivity contribution in [1.82, 2.24) is 14.2 Å². The summed E-state index contributed by atoms with van der Waals surface area (Å²) in [7, 11) is 3.51. The van der Waals surface area contributed by atoms with Crippen LogP contribution in [0.5, 0.6) is 11.5 Å². The Bertz CT molecular complexity index is 1240. The van der Waals surface area contributed by atoms with Gasteiger partial charge in [-0.05, 0) is 51.3 Å². The maximum Gasteiger partial charge on any atom is 0.260 e. The van der Waals surface area contributed by atoms with Crippen LogP contribution >= 0.6 is 11.3 Å². The minimum absolute atomic E-state index is 0.168. The second-order valence-corrected chi connectivity index (χ2v) is 11.3. The summed E-state index contributed by atoms with van der Waals surface area (Å²) in [6.07, 6.45) is 0.746. The number of carbonyl (C=O) groups excluding carboxylic acids is 1. The topological polar surface area (TPSA) is 92.3 Å². The first-order valence-corrected chi connectivity index (χ1v) is 14.0. The molecule has 0 aliphatic carbocycles. The standard InChI is InChI=1S/C25H34N4O5S2/c1-7-28(8-2)36(31,32)19-12-10-18(11-13-19)24(30)29(15-9-14-27(3)4)25-26-20-16-21(33-5)22(34-6)17-23(20)35-25/h10-13,16-17H,7-9,14-15H2,1-6H3. The van der Waals surface area contributed by atoms with Gasteiger partial charge in [0.2, 0.25) is 10.0 Å². The Hall–Kier alpha value is -2.73. The average molecular weight is 535 g/mol. The molecule has 0 saturated heterocycles. The molecule has 0 radical (unpaired) electrons. The molecular formula is C25H34N4O5S2. The van der Waals surface area contributed by atoms with Crippen LogP contribution in [-0.4, -0.2) is 83.0 Å². The lowest BCUT2D eigenvalue weighted by Gasteiger charge is -2.22. The summed E-state index contributed by atoms with van der Waals surface area (Å²) in [5.74, 6) is 0.923. The van der Waals surface area contributed by atoms with Gasteiger partial charge in [-0.25, -0.2) is 13.4 Å². The molecule has 1 amide bonds. The summed E-state index contributed by atoms with van der Waals surface area (Å²) < 4.78 is 38.7. The van der Waals surface area contributed by atoms with Crippen LogP contribution in [-0.2, 0) is 10.0 Å². The lowest BCUT2D eigenvalue weighted by molar-refractivity contribution is 0.0986. The van der Waals surface area contributed by atoms with Gasteiger partial charge in [0.1, 0.15) is 0 Å². The number of hydrogen-bond donors (Lipinski definition) is 0. The van der Waals surface area contributed by atoms with E-state index in [1.807, 2.05) is 20.2 Å². The van der Waals surface area contributed by atoms with Crippen molar-refractivity contribution in [3.05, 3.63) is 42.0 Å². The Morgan fingerprint density at radius 1 is 0.972 bits per heavy atom. The Kier molecular flexibility index (Phi) is 9.29. The van der Waals surface area contributed by atoms with Crippen molar-refractivity contribution in [3.63, 3.8) is 0 Å². The third-order valence-electron chi connectivity index (χ3n) is 5.79. The van der Waals surface area contributed by atoms with Gasteiger partial charge in [-0.1, -0.05) is 25.2 Å². The molecule has 36 heavy (non-hydrogen) atoms. The lowest BCUT2D eigenvalue weighted by Crippen LogP contribution is -2.33. The molecule has 9 nitrogen and oxygen atoms in total. The zero-order valence-corrected chi connectivity index (χ0v) is 23.3. The number of sulfonamides is 1. The molecule has 3 aromatic rings. The fraction of sp³-hybridized carbons (Fsp3) is 0.440. The van der Waals surface area contributed by atoms with Crippen molar-refractivity contribution in [2.75, 3.05) is 59.4 Å². The van der Waals surface area contributed by atoms with E-state index >= 15 is 0 Å². The van der Waals surface area contributed by atoms with Crippen LogP contribution in [0.1, 0.15) is 30.6 Å². The third-order valence-corrected chi connectivity index (χ3v) is 8.90. The normalized spacial score (nSPS) is 11.9. The van der Waals surface area contributed by atoms with E-state index < -0.39 is 10.0 Å². The maximum atomic E-state index is 13.6. The first kappa shape index (κ1) is 27.9. The highest BCUT2D eigenvalue weighted by molar-refractivity contribution is 7.89. The number of aromatic nitrogens is 1. The van der Waals surface area contributed by atoms with Crippen molar-refractivity contribution in [2.45, 2.75) is 25.2 Å². The second-order valence-electron chi connectivity index (χ2n) is 8.40. The number of thiazole rings is 1. The largest absolute Gasteiger partial charge is 0.493 e. The maximum absolute atomic E-state index is 13.6. The molecule has 3 rings (SSSR count). The van der Waals surface area contributed by atoms with E-state index in [-0.39, 0.29) is 10.8 Å². The fourth-order valence-electron chi connectivity index (χ4n) is 3.83. The van der Waals surface area contributed by atoms with E-state index in [0.29, 0.717) is 47.3 Å². The molecule has 11 heteroatoms. The molecular weight excluding hydrogens is 500 g/mol. The van der Waals surface area contributed by atoms with Gasteiger partial charge in [-0.2, -0.15) is 4.31 Å². The van der Waals surface area contributed by atoms with E-state index in [2.05, 4.69) is 4.90 Å². The van der Waals surface area contributed by atoms with Gasteiger partial charge < -0.3 is 14.4 Å². The number of anilines is 1. The van der Waals surface area contributed by atoms with Crippen molar-refractivity contribution in [2.24, 2.45) is 0 Å². The Balaban J connectivity index is 1.97. The quantitative estimate of drug-likeness (QED) is 0.348. The number of ether oxygens (including phenoxy) is 2. The monoisotopic (exact) mass is 534 g/mol. The Morgan fingerprint density at radius 3 is 2.14 bits per heavy atom. The zero-order chi connectivity index (χ0) is 26.5. The van der Waals surface area contributed by atoms with Gasteiger partial charge in [0.15, 0.2) is 16.6 Å². The van der Waals surface area contributed by atoms with Gasteiger partial charge in [0.05, 0.1) is 29.3 Å². The zero-order valence-electron chi connectivity index (χ0n) is 21.6. The summed E-state index contributed by atoms with van der Waals surface area (Å²) in [4.78, 5) is 22.2.